The summed E-state index contributed by atoms with van der Waals surface area (Å²) in [4.78, 5) is 24.4. The molecule has 128 valence electrons. The second-order valence-corrected chi connectivity index (χ2v) is 6.11. The molecule has 1 amide bonds. The Balaban J connectivity index is 1.84. The Morgan fingerprint density at radius 1 is 1.16 bits per heavy atom. The monoisotopic (exact) mass is 377 g/mol. The molecule has 5 nitrogen and oxygen atoms in total. The van der Waals surface area contributed by atoms with Gasteiger partial charge in [-0.15, -0.1) is 0 Å². The van der Waals surface area contributed by atoms with Gasteiger partial charge in [-0.3, -0.25) is 4.79 Å². The number of carbonyl (C=O) groups excluding carboxylic acids is 1. The van der Waals surface area contributed by atoms with E-state index in [-0.39, 0.29) is 12.1 Å². The van der Waals surface area contributed by atoms with Crippen molar-refractivity contribution in [3.8, 4) is 5.75 Å². The van der Waals surface area contributed by atoms with Crippen molar-refractivity contribution in [1.82, 2.24) is 5.32 Å². The molecule has 0 saturated heterocycles. The molecule has 0 aliphatic carbocycles. The van der Waals surface area contributed by atoms with E-state index >= 15 is 0 Å². The van der Waals surface area contributed by atoms with Crippen LogP contribution in [0.25, 0.3) is 11.0 Å². The smallest absolute Gasteiger partial charge is 0.349 e. The van der Waals surface area contributed by atoms with E-state index in [1.54, 1.807) is 36.4 Å². The maximum atomic E-state index is 12.3. The van der Waals surface area contributed by atoms with Crippen LogP contribution in [0.5, 0.6) is 5.75 Å². The van der Waals surface area contributed by atoms with Gasteiger partial charge in [0, 0.05) is 28.0 Å². The van der Waals surface area contributed by atoms with Crippen molar-refractivity contribution in [1.29, 1.82) is 0 Å². The number of ether oxygens (including phenoxy) is 1. The highest BCUT2D eigenvalue weighted by molar-refractivity contribution is 6.35. The van der Waals surface area contributed by atoms with Crippen molar-refractivity contribution in [3.05, 3.63) is 74.1 Å². The number of rotatable bonds is 4. The third-order valence-electron chi connectivity index (χ3n) is 3.64. The van der Waals surface area contributed by atoms with Gasteiger partial charge in [0.05, 0.1) is 7.11 Å². The first-order valence-electron chi connectivity index (χ1n) is 7.32. The SMILES string of the molecule is COc1ccc2cc(C(=O)NCc3ccc(Cl)cc3Cl)c(=O)oc2c1. The van der Waals surface area contributed by atoms with Gasteiger partial charge in [-0.2, -0.15) is 0 Å². The number of fused-ring (bicyclic) bond motifs is 1. The quantitative estimate of drug-likeness (QED) is 0.696. The first-order valence-corrected chi connectivity index (χ1v) is 8.07. The van der Waals surface area contributed by atoms with Crippen LogP contribution in [0.2, 0.25) is 10.0 Å². The Bertz CT molecular complexity index is 1010. The fraction of sp³-hybridized carbons (Fsp3) is 0.111. The lowest BCUT2D eigenvalue weighted by Crippen LogP contribution is -2.27. The van der Waals surface area contributed by atoms with Gasteiger partial charge < -0.3 is 14.5 Å². The molecule has 0 bridgehead atoms. The summed E-state index contributed by atoms with van der Waals surface area (Å²) >= 11 is 11.9. The van der Waals surface area contributed by atoms with Gasteiger partial charge in [0.2, 0.25) is 0 Å². The van der Waals surface area contributed by atoms with Gasteiger partial charge in [-0.25, -0.2) is 4.79 Å². The summed E-state index contributed by atoms with van der Waals surface area (Å²) in [6, 6.07) is 11.5. The Morgan fingerprint density at radius 2 is 1.96 bits per heavy atom. The molecular formula is C18H13Cl2NO4. The topological polar surface area (TPSA) is 68.5 Å². The molecule has 0 atom stereocenters. The molecular weight excluding hydrogens is 365 g/mol. The molecule has 1 N–H and O–H groups in total. The molecule has 25 heavy (non-hydrogen) atoms. The van der Waals surface area contributed by atoms with E-state index < -0.39 is 11.5 Å². The van der Waals surface area contributed by atoms with E-state index in [1.165, 1.54) is 13.2 Å². The molecule has 1 heterocycles. The molecule has 0 radical (unpaired) electrons. The van der Waals surface area contributed by atoms with Crippen LogP contribution in [0.4, 0.5) is 0 Å². The molecule has 2 aromatic carbocycles. The molecule has 7 heteroatoms. The Hall–Kier alpha value is -2.50. The third-order valence-corrected chi connectivity index (χ3v) is 4.23. The van der Waals surface area contributed by atoms with E-state index in [9.17, 15) is 9.59 Å². The molecule has 0 aliphatic rings. The standard InChI is InChI=1S/C18H13Cl2NO4/c1-24-13-5-3-10-6-14(18(23)25-16(10)8-13)17(22)21-9-11-2-4-12(19)7-15(11)20/h2-8H,9H2,1H3,(H,21,22). The Kier molecular flexibility index (Phi) is 4.97. The summed E-state index contributed by atoms with van der Waals surface area (Å²) in [6.45, 7) is 0.162. The second-order valence-electron chi connectivity index (χ2n) is 5.27. The largest absolute Gasteiger partial charge is 0.497 e. The summed E-state index contributed by atoms with van der Waals surface area (Å²) in [5.41, 5.74) is 0.235. The van der Waals surface area contributed by atoms with Crippen LogP contribution in [0.15, 0.2) is 51.7 Å². The lowest BCUT2D eigenvalue weighted by Gasteiger charge is -2.08. The molecule has 0 spiro atoms. The number of benzene rings is 2. The van der Waals surface area contributed by atoms with Crippen molar-refractivity contribution >= 4 is 40.1 Å². The van der Waals surface area contributed by atoms with Crippen LogP contribution >= 0.6 is 23.2 Å². The van der Waals surface area contributed by atoms with Gasteiger partial charge in [0.1, 0.15) is 16.9 Å². The average molecular weight is 378 g/mol. The number of halogens is 2. The van der Waals surface area contributed by atoms with Gasteiger partial charge in [0.25, 0.3) is 5.91 Å². The van der Waals surface area contributed by atoms with Crippen LogP contribution in [0, 0.1) is 0 Å². The van der Waals surface area contributed by atoms with Crippen LogP contribution in [0.3, 0.4) is 0 Å². The van der Waals surface area contributed by atoms with Crippen molar-refractivity contribution in [2.45, 2.75) is 6.54 Å². The van der Waals surface area contributed by atoms with Crippen molar-refractivity contribution in [3.63, 3.8) is 0 Å². The molecule has 1 aromatic heterocycles. The van der Waals surface area contributed by atoms with Gasteiger partial charge in [-0.1, -0.05) is 29.3 Å². The fourth-order valence-electron chi connectivity index (χ4n) is 2.31. The van der Waals surface area contributed by atoms with Crippen molar-refractivity contribution in [2.75, 3.05) is 7.11 Å². The zero-order valence-electron chi connectivity index (χ0n) is 13.1. The summed E-state index contributed by atoms with van der Waals surface area (Å²) in [5, 5.41) is 4.21. The molecule has 0 saturated carbocycles. The maximum Gasteiger partial charge on any atom is 0.349 e. The number of amides is 1. The normalized spacial score (nSPS) is 10.7. The minimum absolute atomic E-state index is 0.0808. The van der Waals surface area contributed by atoms with E-state index in [1.807, 2.05) is 0 Å². The van der Waals surface area contributed by atoms with Crippen LogP contribution in [0.1, 0.15) is 15.9 Å². The Labute approximate surface area is 153 Å². The highest BCUT2D eigenvalue weighted by Crippen LogP contribution is 2.22. The number of carbonyl (C=O) groups is 1. The predicted molar refractivity (Wildman–Crippen MR) is 96.7 cm³/mol. The number of hydrogen-bond donors (Lipinski definition) is 1. The lowest BCUT2D eigenvalue weighted by atomic mass is 10.1. The number of hydrogen-bond acceptors (Lipinski definition) is 4. The summed E-state index contributed by atoms with van der Waals surface area (Å²) in [6.07, 6.45) is 0. The van der Waals surface area contributed by atoms with E-state index in [0.717, 1.165) is 0 Å². The summed E-state index contributed by atoms with van der Waals surface area (Å²) in [7, 11) is 1.52. The number of nitrogens with one attached hydrogen (secondary N) is 1. The average Bonchev–Trinajstić information content (AvgIpc) is 2.59. The van der Waals surface area contributed by atoms with Gasteiger partial charge in [0.15, 0.2) is 0 Å². The van der Waals surface area contributed by atoms with Crippen LogP contribution < -0.4 is 15.7 Å². The number of methoxy groups -OCH3 is 1. The predicted octanol–water partition coefficient (Wildman–Crippen LogP) is 4.04. The van der Waals surface area contributed by atoms with Crippen molar-refractivity contribution in [2.24, 2.45) is 0 Å². The van der Waals surface area contributed by atoms with Crippen LogP contribution in [-0.2, 0) is 6.54 Å². The van der Waals surface area contributed by atoms with Crippen LogP contribution in [-0.4, -0.2) is 13.0 Å². The van der Waals surface area contributed by atoms with Crippen molar-refractivity contribution < 1.29 is 13.9 Å². The zero-order chi connectivity index (χ0) is 18.0. The van der Waals surface area contributed by atoms with Gasteiger partial charge in [-0.05, 0) is 35.9 Å². The molecule has 0 unspecified atom stereocenters. The lowest BCUT2D eigenvalue weighted by molar-refractivity contribution is 0.0947. The van der Waals surface area contributed by atoms with E-state index in [4.69, 9.17) is 32.4 Å². The van der Waals surface area contributed by atoms with E-state index in [2.05, 4.69) is 5.32 Å². The molecule has 0 fully saturated rings. The first-order chi connectivity index (χ1) is 12.0. The third kappa shape index (κ3) is 3.78. The first kappa shape index (κ1) is 17.3. The fourth-order valence-corrected chi connectivity index (χ4v) is 2.79. The zero-order valence-corrected chi connectivity index (χ0v) is 14.6. The molecule has 3 aromatic rings. The minimum atomic E-state index is -0.722. The molecule has 3 rings (SSSR count). The van der Waals surface area contributed by atoms with E-state index in [0.29, 0.717) is 32.3 Å². The minimum Gasteiger partial charge on any atom is -0.497 e. The van der Waals surface area contributed by atoms with Gasteiger partial charge >= 0.3 is 5.63 Å². The second kappa shape index (κ2) is 7.17. The molecule has 0 aliphatic heterocycles. The maximum absolute atomic E-state index is 12.3. The summed E-state index contributed by atoms with van der Waals surface area (Å²) in [5.74, 6) is 0.0164. The summed E-state index contributed by atoms with van der Waals surface area (Å²) < 4.78 is 10.3. The highest BCUT2D eigenvalue weighted by Gasteiger charge is 2.14. The highest BCUT2D eigenvalue weighted by atomic mass is 35.5. The Morgan fingerprint density at radius 3 is 2.68 bits per heavy atom.